The van der Waals surface area contributed by atoms with Crippen LogP contribution in [0.3, 0.4) is 0 Å². The fourth-order valence-corrected chi connectivity index (χ4v) is 2.79. The second-order valence-corrected chi connectivity index (χ2v) is 5.51. The predicted molar refractivity (Wildman–Crippen MR) is 87.3 cm³/mol. The molecule has 106 valence electrons. The van der Waals surface area contributed by atoms with Gasteiger partial charge < -0.3 is 9.88 Å². The molecule has 1 amide bonds. The number of carbonyl (C=O) groups is 1. The van der Waals surface area contributed by atoms with E-state index in [0.717, 1.165) is 10.9 Å². The van der Waals surface area contributed by atoms with Gasteiger partial charge in [-0.25, -0.2) is 0 Å². The molecule has 1 N–H and O–H groups in total. The number of benzene rings is 2. The Morgan fingerprint density at radius 3 is 2.38 bits per heavy atom. The number of aryl methyl sites for hydroxylation is 1. The van der Waals surface area contributed by atoms with Gasteiger partial charge in [-0.05, 0) is 24.3 Å². The van der Waals surface area contributed by atoms with E-state index < -0.39 is 0 Å². The molecule has 0 saturated carbocycles. The van der Waals surface area contributed by atoms with Gasteiger partial charge in [0.05, 0.1) is 15.7 Å². The molecule has 21 heavy (non-hydrogen) atoms. The van der Waals surface area contributed by atoms with Gasteiger partial charge >= 0.3 is 0 Å². The Morgan fingerprint density at radius 2 is 1.71 bits per heavy atom. The third kappa shape index (κ3) is 2.50. The fourth-order valence-electron chi connectivity index (χ4n) is 2.30. The average molecular weight is 319 g/mol. The second kappa shape index (κ2) is 5.43. The van der Waals surface area contributed by atoms with Crippen LogP contribution in [0.4, 0.5) is 5.69 Å². The first-order valence-electron chi connectivity index (χ1n) is 6.38. The van der Waals surface area contributed by atoms with Crippen molar-refractivity contribution in [3.8, 4) is 0 Å². The minimum atomic E-state index is -0.247. The van der Waals surface area contributed by atoms with Crippen molar-refractivity contribution < 1.29 is 4.79 Å². The highest BCUT2D eigenvalue weighted by atomic mass is 35.5. The van der Waals surface area contributed by atoms with Crippen LogP contribution in [-0.4, -0.2) is 10.5 Å². The molecule has 0 spiro atoms. The number of nitrogens with zero attached hydrogens (tertiary/aromatic N) is 1. The van der Waals surface area contributed by atoms with Gasteiger partial charge in [-0.2, -0.15) is 0 Å². The van der Waals surface area contributed by atoms with Crippen LogP contribution in [0.1, 0.15) is 10.5 Å². The molecule has 3 nitrogen and oxygen atoms in total. The average Bonchev–Trinajstić information content (AvgIpc) is 2.81. The van der Waals surface area contributed by atoms with E-state index in [1.807, 2.05) is 41.9 Å². The summed E-state index contributed by atoms with van der Waals surface area (Å²) in [5.74, 6) is -0.247. The summed E-state index contributed by atoms with van der Waals surface area (Å²) in [6.07, 6.45) is 0. The summed E-state index contributed by atoms with van der Waals surface area (Å²) in [6.45, 7) is 0. The van der Waals surface area contributed by atoms with Crippen molar-refractivity contribution in [3.63, 3.8) is 0 Å². The number of fused-ring (bicyclic) bond motifs is 1. The number of nitrogens with one attached hydrogen (secondary N) is 1. The number of para-hydroxylation sites is 2. The molecule has 0 atom stereocenters. The predicted octanol–water partition coefficient (Wildman–Crippen LogP) is 4.74. The molecule has 1 aromatic heterocycles. The minimum absolute atomic E-state index is 0.247. The number of amides is 1. The molecule has 0 aliphatic rings. The number of halogens is 2. The maximum Gasteiger partial charge on any atom is 0.272 e. The van der Waals surface area contributed by atoms with E-state index in [9.17, 15) is 4.79 Å². The lowest BCUT2D eigenvalue weighted by Crippen LogP contribution is -2.16. The van der Waals surface area contributed by atoms with Crippen molar-refractivity contribution in [2.75, 3.05) is 5.32 Å². The van der Waals surface area contributed by atoms with Gasteiger partial charge in [0.1, 0.15) is 5.69 Å². The number of anilines is 1. The normalized spacial score (nSPS) is 10.8. The smallest absolute Gasteiger partial charge is 0.272 e. The Kier molecular flexibility index (Phi) is 3.62. The Hall–Kier alpha value is -1.97. The van der Waals surface area contributed by atoms with Crippen molar-refractivity contribution in [2.45, 2.75) is 0 Å². The zero-order chi connectivity index (χ0) is 15.0. The molecule has 0 fully saturated rings. The van der Waals surface area contributed by atoms with E-state index in [2.05, 4.69) is 5.32 Å². The van der Waals surface area contributed by atoms with Gasteiger partial charge in [0, 0.05) is 18.0 Å². The first-order valence-corrected chi connectivity index (χ1v) is 7.13. The zero-order valence-electron chi connectivity index (χ0n) is 11.2. The first kappa shape index (κ1) is 14.0. The maximum atomic E-state index is 12.5. The number of carbonyl (C=O) groups excluding carboxylic acids is 1. The lowest BCUT2D eigenvalue weighted by atomic mass is 10.2. The molecule has 0 aliphatic carbocycles. The largest absolute Gasteiger partial charge is 0.340 e. The SMILES string of the molecule is Cn1c(C(=O)Nc2c(Cl)cccc2Cl)cc2ccccc21. The van der Waals surface area contributed by atoms with Gasteiger partial charge in [0.15, 0.2) is 0 Å². The molecule has 0 unspecified atom stereocenters. The summed E-state index contributed by atoms with van der Waals surface area (Å²) >= 11 is 12.1. The van der Waals surface area contributed by atoms with Crippen LogP contribution in [-0.2, 0) is 7.05 Å². The van der Waals surface area contributed by atoms with Gasteiger partial charge in [0.25, 0.3) is 5.91 Å². The highest BCUT2D eigenvalue weighted by molar-refractivity contribution is 6.40. The molecular weight excluding hydrogens is 307 g/mol. The van der Waals surface area contributed by atoms with Crippen molar-refractivity contribution in [1.29, 1.82) is 0 Å². The summed E-state index contributed by atoms with van der Waals surface area (Å²) in [6, 6.07) is 14.8. The van der Waals surface area contributed by atoms with E-state index >= 15 is 0 Å². The third-order valence-electron chi connectivity index (χ3n) is 3.39. The topological polar surface area (TPSA) is 34.0 Å². The second-order valence-electron chi connectivity index (χ2n) is 4.70. The number of aromatic nitrogens is 1. The molecule has 5 heteroatoms. The van der Waals surface area contributed by atoms with Crippen molar-refractivity contribution >= 4 is 45.7 Å². The molecule has 3 aromatic rings. The van der Waals surface area contributed by atoms with Crippen LogP contribution in [0.25, 0.3) is 10.9 Å². The monoisotopic (exact) mass is 318 g/mol. The summed E-state index contributed by atoms with van der Waals surface area (Å²) in [5, 5.41) is 4.61. The Labute approximate surface area is 132 Å². The Bertz CT molecular complexity index is 819. The van der Waals surface area contributed by atoms with Crippen LogP contribution in [0.5, 0.6) is 0 Å². The summed E-state index contributed by atoms with van der Waals surface area (Å²) in [4.78, 5) is 12.5. The molecule has 0 saturated heterocycles. The Balaban J connectivity index is 2.00. The van der Waals surface area contributed by atoms with E-state index in [0.29, 0.717) is 21.4 Å². The molecule has 3 rings (SSSR count). The Morgan fingerprint density at radius 1 is 1.05 bits per heavy atom. The van der Waals surface area contributed by atoms with Crippen molar-refractivity contribution in [3.05, 3.63) is 64.3 Å². The number of rotatable bonds is 2. The maximum absolute atomic E-state index is 12.5. The summed E-state index contributed by atoms with van der Waals surface area (Å²) in [7, 11) is 1.85. The number of hydrogen-bond acceptors (Lipinski definition) is 1. The summed E-state index contributed by atoms with van der Waals surface area (Å²) < 4.78 is 1.84. The van der Waals surface area contributed by atoms with Gasteiger partial charge in [-0.15, -0.1) is 0 Å². The lowest BCUT2D eigenvalue weighted by Gasteiger charge is -2.09. The molecule has 0 aliphatic heterocycles. The minimum Gasteiger partial charge on any atom is -0.340 e. The van der Waals surface area contributed by atoms with Gasteiger partial charge in [-0.3, -0.25) is 4.79 Å². The van der Waals surface area contributed by atoms with Crippen molar-refractivity contribution in [2.24, 2.45) is 7.05 Å². The summed E-state index contributed by atoms with van der Waals surface area (Å²) in [5.41, 5.74) is 1.97. The van der Waals surface area contributed by atoms with E-state index in [4.69, 9.17) is 23.2 Å². The fraction of sp³-hybridized carbons (Fsp3) is 0.0625. The number of hydrogen-bond donors (Lipinski definition) is 1. The highest BCUT2D eigenvalue weighted by Crippen LogP contribution is 2.30. The van der Waals surface area contributed by atoms with Crippen LogP contribution in [0, 0.1) is 0 Å². The van der Waals surface area contributed by atoms with E-state index in [1.165, 1.54) is 0 Å². The van der Waals surface area contributed by atoms with Crippen LogP contribution < -0.4 is 5.32 Å². The van der Waals surface area contributed by atoms with Crippen LogP contribution >= 0.6 is 23.2 Å². The molecule has 2 aromatic carbocycles. The quantitative estimate of drug-likeness (QED) is 0.727. The first-order chi connectivity index (χ1) is 10.1. The van der Waals surface area contributed by atoms with Crippen molar-refractivity contribution in [1.82, 2.24) is 4.57 Å². The highest BCUT2D eigenvalue weighted by Gasteiger charge is 2.15. The van der Waals surface area contributed by atoms with Crippen LogP contribution in [0.15, 0.2) is 48.5 Å². The third-order valence-corrected chi connectivity index (χ3v) is 4.02. The molecular formula is C16H12Cl2N2O. The lowest BCUT2D eigenvalue weighted by molar-refractivity contribution is 0.102. The molecule has 1 heterocycles. The van der Waals surface area contributed by atoms with E-state index in [1.54, 1.807) is 18.2 Å². The van der Waals surface area contributed by atoms with Gasteiger partial charge in [-0.1, -0.05) is 47.5 Å². The van der Waals surface area contributed by atoms with E-state index in [-0.39, 0.29) is 5.91 Å². The molecule has 0 radical (unpaired) electrons. The van der Waals surface area contributed by atoms with Crippen LogP contribution in [0.2, 0.25) is 10.0 Å². The zero-order valence-corrected chi connectivity index (χ0v) is 12.7. The van der Waals surface area contributed by atoms with Gasteiger partial charge in [0.2, 0.25) is 0 Å². The molecule has 0 bridgehead atoms. The standard InChI is InChI=1S/C16H12Cl2N2O/c1-20-13-8-3-2-5-10(13)9-14(20)16(21)19-15-11(17)6-4-7-12(15)18/h2-9H,1H3,(H,19,21).